The lowest BCUT2D eigenvalue weighted by molar-refractivity contribution is 0.0660. The number of rotatable bonds is 3. The summed E-state index contributed by atoms with van der Waals surface area (Å²) in [4.78, 5) is 24.9. The Morgan fingerprint density at radius 1 is 1.18 bits per heavy atom. The molecule has 0 fully saturated rings. The first-order valence-electron chi connectivity index (χ1n) is 5.00. The minimum absolute atomic E-state index is 0.258. The Balaban J connectivity index is 2.33. The quantitative estimate of drug-likeness (QED) is 0.360. The Morgan fingerprint density at radius 3 is 2.18 bits per heavy atom. The van der Waals surface area contributed by atoms with Gasteiger partial charge < -0.3 is 0 Å². The van der Waals surface area contributed by atoms with E-state index >= 15 is 0 Å². The molecule has 88 valence electrons. The number of fused-ring (bicyclic) bond motifs is 1. The molecule has 0 radical (unpaired) electrons. The third kappa shape index (κ3) is 2.21. The average Bonchev–Trinajstić information content (AvgIpc) is 2.60. The first-order chi connectivity index (χ1) is 8.16. The molecule has 17 heavy (non-hydrogen) atoms. The van der Waals surface area contributed by atoms with Gasteiger partial charge in [0.2, 0.25) is 0 Å². The summed E-state index contributed by atoms with van der Waals surface area (Å²) in [7, 11) is 0. The first-order valence-corrected chi connectivity index (χ1v) is 7.04. The van der Waals surface area contributed by atoms with Gasteiger partial charge in [0.15, 0.2) is 0 Å². The molecular formula is C12H9Br2NO2. The molecule has 1 aliphatic heterocycles. The number of allylic oxidation sites excluding steroid dienone is 1. The van der Waals surface area contributed by atoms with Crippen molar-refractivity contribution in [3.63, 3.8) is 0 Å². The molecule has 1 unspecified atom stereocenters. The molecule has 3 nitrogen and oxygen atoms in total. The van der Waals surface area contributed by atoms with E-state index in [1.807, 2.05) is 6.08 Å². The minimum atomic E-state index is -0.410. The largest absolute Gasteiger partial charge is 0.269 e. The van der Waals surface area contributed by atoms with Crippen LogP contribution in [0.2, 0.25) is 0 Å². The molecule has 2 rings (SSSR count). The second-order valence-corrected chi connectivity index (χ2v) is 5.07. The van der Waals surface area contributed by atoms with Crippen LogP contribution in [0.1, 0.15) is 20.7 Å². The summed E-state index contributed by atoms with van der Waals surface area (Å²) in [6.45, 7) is 0. The second-order valence-electron chi connectivity index (χ2n) is 3.48. The first kappa shape index (κ1) is 12.5. The van der Waals surface area contributed by atoms with Crippen molar-refractivity contribution in [3.05, 3.63) is 47.5 Å². The highest BCUT2D eigenvalue weighted by Gasteiger charge is 2.37. The number of carbonyl (C=O) groups excluding carboxylic acids is 2. The van der Waals surface area contributed by atoms with Crippen molar-refractivity contribution in [2.45, 2.75) is 4.95 Å². The molecular weight excluding hydrogens is 350 g/mol. The van der Waals surface area contributed by atoms with E-state index in [1.54, 1.807) is 30.3 Å². The Bertz CT molecular complexity index is 464. The third-order valence-corrected chi connectivity index (χ3v) is 3.54. The van der Waals surface area contributed by atoms with Crippen molar-refractivity contribution < 1.29 is 9.59 Å². The van der Waals surface area contributed by atoms with E-state index < -0.39 is 4.95 Å². The second kappa shape index (κ2) is 5.14. The summed E-state index contributed by atoms with van der Waals surface area (Å²) in [5.41, 5.74) is 0.934. The van der Waals surface area contributed by atoms with Gasteiger partial charge in [-0.05, 0) is 12.1 Å². The number of benzene rings is 1. The van der Waals surface area contributed by atoms with Gasteiger partial charge in [-0.1, -0.05) is 56.1 Å². The van der Waals surface area contributed by atoms with Crippen LogP contribution in [0.5, 0.6) is 0 Å². The highest BCUT2D eigenvalue weighted by atomic mass is 79.9. The summed E-state index contributed by atoms with van der Waals surface area (Å²) >= 11 is 6.57. The van der Waals surface area contributed by atoms with Gasteiger partial charge in [0.05, 0.1) is 11.1 Å². The maximum Gasteiger partial charge on any atom is 0.262 e. The van der Waals surface area contributed by atoms with Crippen LogP contribution in [0.25, 0.3) is 0 Å². The zero-order valence-corrected chi connectivity index (χ0v) is 11.9. The Hall–Kier alpha value is -0.940. The Morgan fingerprint density at radius 2 is 1.71 bits per heavy atom. The summed E-state index contributed by atoms with van der Waals surface area (Å²) < 4.78 is 0. The molecule has 0 aromatic heterocycles. The van der Waals surface area contributed by atoms with E-state index in [-0.39, 0.29) is 11.8 Å². The molecule has 1 aliphatic rings. The molecule has 1 aromatic rings. The number of nitrogens with zero attached hydrogens (tertiary/aromatic N) is 1. The number of hydrogen-bond donors (Lipinski definition) is 0. The lowest BCUT2D eigenvalue weighted by Crippen LogP contribution is -2.35. The SMILES string of the molecule is O=C1c2ccccc2C(=O)N1C(Br)C=CCBr. The fourth-order valence-corrected chi connectivity index (χ4v) is 2.49. The predicted molar refractivity (Wildman–Crippen MR) is 72.6 cm³/mol. The molecule has 2 amide bonds. The highest BCUT2D eigenvalue weighted by molar-refractivity contribution is 9.09. The van der Waals surface area contributed by atoms with Crippen LogP contribution in [-0.2, 0) is 0 Å². The van der Waals surface area contributed by atoms with E-state index in [0.29, 0.717) is 16.5 Å². The van der Waals surface area contributed by atoms with Crippen molar-refractivity contribution in [1.82, 2.24) is 4.90 Å². The van der Waals surface area contributed by atoms with E-state index in [1.165, 1.54) is 4.90 Å². The third-order valence-electron chi connectivity index (χ3n) is 2.46. The molecule has 1 heterocycles. The van der Waals surface area contributed by atoms with Crippen LogP contribution in [0.4, 0.5) is 0 Å². The van der Waals surface area contributed by atoms with Gasteiger partial charge in [0.25, 0.3) is 11.8 Å². The number of halogens is 2. The Labute approximate surface area is 116 Å². The summed E-state index contributed by atoms with van der Waals surface area (Å²) in [6, 6.07) is 6.85. The van der Waals surface area contributed by atoms with Gasteiger partial charge in [-0.3, -0.25) is 14.5 Å². The van der Waals surface area contributed by atoms with Gasteiger partial charge in [-0.2, -0.15) is 0 Å². The van der Waals surface area contributed by atoms with Crippen molar-refractivity contribution in [2.75, 3.05) is 5.33 Å². The molecule has 0 aliphatic carbocycles. The van der Waals surface area contributed by atoms with Crippen molar-refractivity contribution in [2.24, 2.45) is 0 Å². The molecule has 5 heteroatoms. The molecule has 0 saturated heterocycles. The normalized spacial score (nSPS) is 16.7. The molecule has 0 saturated carbocycles. The maximum atomic E-state index is 12.0. The monoisotopic (exact) mass is 357 g/mol. The van der Waals surface area contributed by atoms with Crippen molar-refractivity contribution >= 4 is 43.7 Å². The number of imide groups is 1. The zero-order chi connectivity index (χ0) is 12.4. The van der Waals surface area contributed by atoms with E-state index in [4.69, 9.17) is 0 Å². The lowest BCUT2D eigenvalue weighted by atomic mass is 10.1. The van der Waals surface area contributed by atoms with Crippen LogP contribution >= 0.6 is 31.9 Å². The van der Waals surface area contributed by atoms with Gasteiger partial charge in [0, 0.05) is 5.33 Å². The fourth-order valence-electron chi connectivity index (χ4n) is 1.68. The fraction of sp³-hybridized carbons (Fsp3) is 0.167. The van der Waals surface area contributed by atoms with Crippen LogP contribution in [0.15, 0.2) is 36.4 Å². The number of amides is 2. The van der Waals surface area contributed by atoms with Gasteiger partial charge in [-0.15, -0.1) is 0 Å². The Kier molecular flexibility index (Phi) is 3.79. The van der Waals surface area contributed by atoms with E-state index in [0.717, 1.165) is 0 Å². The number of hydrogen-bond acceptors (Lipinski definition) is 2. The summed E-state index contributed by atoms with van der Waals surface area (Å²) in [5, 5.41) is 0.679. The predicted octanol–water partition coefficient (Wildman–Crippen LogP) is 2.95. The van der Waals surface area contributed by atoms with Gasteiger partial charge in [-0.25, -0.2) is 0 Å². The molecule has 0 spiro atoms. The number of alkyl halides is 2. The minimum Gasteiger partial charge on any atom is -0.269 e. The molecule has 0 N–H and O–H groups in total. The summed E-state index contributed by atoms with van der Waals surface area (Å²) in [6.07, 6.45) is 3.60. The zero-order valence-electron chi connectivity index (χ0n) is 8.77. The van der Waals surface area contributed by atoms with Crippen LogP contribution < -0.4 is 0 Å². The topological polar surface area (TPSA) is 37.4 Å². The smallest absolute Gasteiger partial charge is 0.262 e. The van der Waals surface area contributed by atoms with E-state index in [9.17, 15) is 9.59 Å². The average molecular weight is 359 g/mol. The maximum absolute atomic E-state index is 12.0. The highest BCUT2D eigenvalue weighted by Crippen LogP contribution is 2.26. The van der Waals surface area contributed by atoms with E-state index in [2.05, 4.69) is 31.9 Å². The van der Waals surface area contributed by atoms with Gasteiger partial charge >= 0.3 is 0 Å². The van der Waals surface area contributed by atoms with Gasteiger partial charge in [0.1, 0.15) is 4.95 Å². The standard InChI is InChI=1S/C12H9Br2NO2/c13-7-3-6-10(14)15-11(16)8-4-1-2-5-9(8)12(15)17/h1-6,10H,7H2. The lowest BCUT2D eigenvalue weighted by Gasteiger charge is -2.17. The molecule has 1 atom stereocenters. The summed E-state index contributed by atoms with van der Waals surface area (Å²) in [5.74, 6) is -0.515. The van der Waals surface area contributed by atoms with Crippen LogP contribution in [-0.4, -0.2) is 27.0 Å². The van der Waals surface area contributed by atoms with Crippen LogP contribution in [0, 0.1) is 0 Å². The van der Waals surface area contributed by atoms with Crippen molar-refractivity contribution in [3.8, 4) is 0 Å². The van der Waals surface area contributed by atoms with Crippen LogP contribution in [0.3, 0.4) is 0 Å². The number of carbonyl (C=O) groups is 2. The van der Waals surface area contributed by atoms with Crippen molar-refractivity contribution in [1.29, 1.82) is 0 Å². The molecule has 0 bridgehead atoms. The molecule has 1 aromatic carbocycles.